The number of aromatic nitrogens is 2. The van der Waals surface area contributed by atoms with Crippen molar-refractivity contribution >= 4 is 11.5 Å². The van der Waals surface area contributed by atoms with Crippen LogP contribution in [0.1, 0.15) is 32.1 Å². The van der Waals surface area contributed by atoms with Gasteiger partial charge in [-0.2, -0.15) is 5.10 Å². The highest BCUT2D eigenvalue weighted by atomic mass is 16.5. The van der Waals surface area contributed by atoms with Crippen LogP contribution in [0.3, 0.4) is 0 Å². The van der Waals surface area contributed by atoms with E-state index in [1.54, 1.807) is 10.9 Å². The summed E-state index contributed by atoms with van der Waals surface area (Å²) in [5.74, 6) is 0.750. The second kappa shape index (κ2) is 5.91. The second-order valence-corrected chi connectivity index (χ2v) is 4.66. The first-order valence-corrected chi connectivity index (χ1v) is 6.40. The summed E-state index contributed by atoms with van der Waals surface area (Å²) >= 11 is 0. The SMILES string of the molecule is Cn1cc(N)c(NCCOC2CCCCC2)n1. The fourth-order valence-corrected chi connectivity index (χ4v) is 2.27. The van der Waals surface area contributed by atoms with Gasteiger partial charge in [0.2, 0.25) is 0 Å². The smallest absolute Gasteiger partial charge is 0.171 e. The van der Waals surface area contributed by atoms with Gasteiger partial charge in [-0.15, -0.1) is 0 Å². The van der Waals surface area contributed by atoms with Gasteiger partial charge in [0.25, 0.3) is 0 Å². The summed E-state index contributed by atoms with van der Waals surface area (Å²) in [4.78, 5) is 0. The van der Waals surface area contributed by atoms with Gasteiger partial charge >= 0.3 is 0 Å². The van der Waals surface area contributed by atoms with Crippen LogP contribution in [0.15, 0.2) is 6.20 Å². The van der Waals surface area contributed by atoms with Gasteiger partial charge in [-0.25, -0.2) is 0 Å². The zero-order chi connectivity index (χ0) is 12.1. The molecular formula is C12H22N4O. The van der Waals surface area contributed by atoms with E-state index in [0.717, 1.165) is 19.0 Å². The van der Waals surface area contributed by atoms with Gasteiger partial charge < -0.3 is 15.8 Å². The van der Waals surface area contributed by atoms with Crippen molar-refractivity contribution in [3.05, 3.63) is 6.20 Å². The maximum absolute atomic E-state index is 5.81. The molecule has 0 radical (unpaired) electrons. The fraction of sp³-hybridized carbons (Fsp3) is 0.750. The van der Waals surface area contributed by atoms with Crippen LogP contribution in [0, 0.1) is 0 Å². The largest absolute Gasteiger partial charge is 0.394 e. The molecule has 0 bridgehead atoms. The number of nitrogens with two attached hydrogens (primary N) is 1. The Morgan fingerprint density at radius 1 is 1.47 bits per heavy atom. The highest BCUT2D eigenvalue weighted by molar-refractivity contribution is 5.59. The average Bonchev–Trinajstić information content (AvgIpc) is 2.65. The van der Waals surface area contributed by atoms with Gasteiger partial charge in [0.05, 0.1) is 18.4 Å². The first-order chi connectivity index (χ1) is 8.25. The van der Waals surface area contributed by atoms with E-state index in [1.807, 2.05) is 7.05 Å². The fourth-order valence-electron chi connectivity index (χ4n) is 2.27. The molecule has 5 nitrogen and oxygen atoms in total. The lowest BCUT2D eigenvalue weighted by Crippen LogP contribution is -2.20. The quantitative estimate of drug-likeness (QED) is 0.767. The Balaban J connectivity index is 1.64. The molecule has 1 aromatic heterocycles. The van der Waals surface area contributed by atoms with Crippen molar-refractivity contribution in [1.29, 1.82) is 0 Å². The minimum absolute atomic E-state index is 0.464. The number of rotatable bonds is 5. The van der Waals surface area contributed by atoms with Crippen molar-refractivity contribution in [3.8, 4) is 0 Å². The minimum atomic E-state index is 0.464. The van der Waals surface area contributed by atoms with Gasteiger partial charge in [0, 0.05) is 19.8 Å². The van der Waals surface area contributed by atoms with E-state index in [4.69, 9.17) is 10.5 Å². The van der Waals surface area contributed by atoms with Crippen molar-refractivity contribution in [1.82, 2.24) is 9.78 Å². The average molecular weight is 238 g/mol. The topological polar surface area (TPSA) is 65.1 Å². The lowest BCUT2D eigenvalue weighted by Gasteiger charge is -2.21. The number of anilines is 2. The minimum Gasteiger partial charge on any atom is -0.394 e. The second-order valence-electron chi connectivity index (χ2n) is 4.66. The highest BCUT2D eigenvalue weighted by Crippen LogP contribution is 2.20. The highest BCUT2D eigenvalue weighted by Gasteiger charge is 2.13. The molecule has 0 amide bonds. The van der Waals surface area contributed by atoms with Crippen LogP contribution < -0.4 is 11.1 Å². The summed E-state index contributed by atoms with van der Waals surface area (Å²) < 4.78 is 7.52. The number of ether oxygens (including phenoxy) is 1. The molecule has 17 heavy (non-hydrogen) atoms. The number of nitrogen functional groups attached to an aromatic ring is 1. The Morgan fingerprint density at radius 2 is 2.24 bits per heavy atom. The van der Waals surface area contributed by atoms with Gasteiger partial charge in [-0.1, -0.05) is 19.3 Å². The lowest BCUT2D eigenvalue weighted by atomic mass is 9.98. The Bertz CT molecular complexity index is 344. The summed E-state index contributed by atoms with van der Waals surface area (Å²) in [6.45, 7) is 1.48. The van der Waals surface area contributed by atoms with E-state index in [9.17, 15) is 0 Å². The number of hydrogen-bond acceptors (Lipinski definition) is 4. The van der Waals surface area contributed by atoms with Crippen molar-refractivity contribution in [2.75, 3.05) is 24.2 Å². The van der Waals surface area contributed by atoms with Gasteiger partial charge in [-0.3, -0.25) is 4.68 Å². The van der Waals surface area contributed by atoms with E-state index in [1.165, 1.54) is 32.1 Å². The van der Waals surface area contributed by atoms with Crippen molar-refractivity contribution in [2.24, 2.45) is 7.05 Å². The molecule has 0 atom stereocenters. The molecule has 1 aromatic rings. The molecule has 1 aliphatic carbocycles. The molecule has 1 aliphatic rings. The molecular weight excluding hydrogens is 216 g/mol. The van der Waals surface area contributed by atoms with Crippen LogP contribution in [-0.2, 0) is 11.8 Å². The van der Waals surface area contributed by atoms with Crippen LogP contribution in [0.2, 0.25) is 0 Å². The number of nitrogens with zero attached hydrogens (tertiary/aromatic N) is 2. The summed E-state index contributed by atoms with van der Waals surface area (Å²) in [6.07, 6.45) is 8.67. The van der Waals surface area contributed by atoms with Crippen molar-refractivity contribution in [2.45, 2.75) is 38.2 Å². The summed E-state index contributed by atoms with van der Waals surface area (Å²) in [5.41, 5.74) is 6.47. The third kappa shape index (κ3) is 3.63. The predicted molar refractivity (Wildman–Crippen MR) is 68.9 cm³/mol. The molecule has 5 heteroatoms. The molecule has 3 N–H and O–H groups in total. The summed E-state index contributed by atoms with van der Waals surface area (Å²) in [6, 6.07) is 0. The Morgan fingerprint density at radius 3 is 2.88 bits per heavy atom. The molecule has 0 spiro atoms. The van der Waals surface area contributed by atoms with Crippen LogP contribution in [0.4, 0.5) is 11.5 Å². The molecule has 2 rings (SSSR count). The van der Waals surface area contributed by atoms with Crippen LogP contribution in [-0.4, -0.2) is 29.0 Å². The first-order valence-electron chi connectivity index (χ1n) is 6.40. The maximum atomic E-state index is 5.81. The normalized spacial score (nSPS) is 17.2. The van der Waals surface area contributed by atoms with Gasteiger partial charge in [0.15, 0.2) is 5.82 Å². The number of aryl methyl sites for hydroxylation is 1. The third-order valence-corrected chi connectivity index (χ3v) is 3.16. The molecule has 0 aromatic carbocycles. The first kappa shape index (κ1) is 12.2. The predicted octanol–water partition coefficient (Wildman–Crippen LogP) is 1.76. The van der Waals surface area contributed by atoms with Crippen LogP contribution >= 0.6 is 0 Å². The van der Waals surface area contributed by atoms with Gasteiger partial charge in [-0.05, 0) is 12.8 Å². The molecule has 1 heterocycles. The summed E-state index contributed by atoms with van der Waals surface area (Å²) in [5, 5.41) is 7.41. The van der Waals surface area contributed by atoms with Crippen LogP contribution in [0.5, 0.6) is 0 Å². The van der Waals surface area contributed by atoms with E-state index >= 15 is 0 Å². The van der Waals surface area contributed by atoms with Crippen molar-refractivity contribution in [3.63, 3.8) is 0 Å². The summed E-state index contributed by atoms with van der Waals surface area (Å²) in [7, 11) is 1.86. The Kier molecular flexibility index (Phi) is 4.25. The zero-order valence-electron chi connectivity index (χ0n) is 10.5. The van der Waals surface area contributed by atoms with Crippen LogP contribution in [0.25, 0.3) is 0 Å². The van der Waals surface area contributed by atoms with E-state index in [0.29, 0.717) is 11.8 Å². The van der Waals surface area contributed by atoms with Crippen molar-refractivity contribution < 1.29 is 4.74 Å². The molecule has 1 saturated carbocycles. The molecule has 0 unspecified atom stereocenters. The molecule has 96 valence electrons. The number of nitrogens with one attached hydrogen (secondary N) is 1. The Labute approximate surface area is 102 Å². The monoisotopic (exact) mass is 238 g/mol. The lowest BCUT2D eigenvalue weighted by molar-refractivity contribution is 0.0347. The molecule has 0 aliphatic heterocycles. The van der Waals surface area contributed by atoms with E-state index in [2.05, 4.69) is 10.4 Å². The van der Waals surface area contributed by atoms with Gasteiger partial charge in [0.1, 0.15) is 0 Å². The number of hydrogen-bond donors (Lipinski definition) is 2. The molecule has 0 saturated heterocycles. The molecule has 1 fully saturated rings. The van der Waals surface area contributed by atoms with E-state index < -0.39 is 0 Å². The standard InChI is InChI=1S/C12H22N4O/c1-16-9-11(13)12(15-16)14-7-8-17-10-5-3-2-4-6-10/h9-10H,2-8,13H2,1H3,(H,14,15). The third-order valence-electron chi connectivity index (χ3n) is 3.16. The van der Waals surface area contributed by atoms with E-state index in [-0.39, 0.29) is 0 Å². The zero-order valence-corrected chi connectivity index (χ0v) is 10.5. The Hall–Kier alpha value is -1.23. The maximum Gasteiger partial charge on any atom is 0.171 e.